The second-order valence-electron chi connectivity index (χ2n) is 4.63. The molecule has 2 nitrogen and oxygen atoms in total. The molecule has 0 saturated heterocycles. The summed E-state index contributed by atoms with van der Waals surface area (Å²) in [5.41, 5.74) is 3.87. The maximum absolute atomic E-state index is 10.8. The van der Waals surface area contributed by atoms with E-state index < -0.39 is 0 Å². The van der Waals surface area contributed by atoms with Crippen molar-refractivity contribution in [2.45, 2.75) is 12.8 Å². The van der Waals surface area contributed by atoms with E-state index in [0.717, 1.165) is 42.6 Å². The van der Waals surface area contributed by atoms with Crippen molar-refractivity contribution in [1.29, 1.82) is 0 Å². The zero-order valence-corrected chi connectivity index (χ0v) is 11.1. The number of carbonyl (C=O) groups excluding carboxylic acids is 1. The van der Waals surface area contributed by atoms with Crippen LogP contribution in [0.25, 0.3) is 11.1 Å². The Hall–Kier alpha value is -1.80. The van der Waals surface area contributed by atoms with Gasteiger partial charge in [-0.3, -0.25) is 4.79 Å². The van der Waals surface area contributed by atoms with Crippen LogP contribution in [0, 0.1) is 0 Å². The fraction of sp³-hybridized carbons (Fsp3) is 0.188. The Kier molecular flexibility index (Phi) is 3.26. The Morgan fingerprint density at radius 1 is 1.11 bits per heavy atom. The molecule has 0 aliphatic carbocycles. The van der Waals surface area contributed by atoms with Crippen LogP contribution in [0.1, 0.15) is 22.3 Å². The molecule has 19 heavy (non-hydrogen) atoms. The molecule has 1 aliphatic rings. The smallest absolute Gasteiger partial charge is 0.151 e. The van der Waals surface area contributed by atoms with Gasteiger partial charge in [0.2, 0.25) is 0 Å². The lowest BCUT2D eigenvalue weighted by Gasteiger charge is -2.18. The number of hydrogen-bond acceptors (Lipinski definition) is 2. The first-order valence-electron chi connectivity index (χ1n) is 6.29. The number of fused-ring (bicyclic) bond motifs is 1. The molecule has 1 aliphatic heterocycles. The SMILES string of the molecule is O=Cc1ccc(-c2ccc3c(c2)CCCO3)cc1Cl. The zero-order chi connectivity index (χ0) is 13.2. The average molecular weight is 273 g/mol. The van der Waals surface area contributed by atoms with Gasteiger partial charge in [0.1, 0.15) is 5.75 Å². The summed E-state index contributed by atoms with van der Waals surface area (Å²) < 4.78 is 5.60. The van der Waals surface area contributed by atoms with E-state index in [1.165, 1.54) is 5.56 Å². The Labute approximate surface area is 117 Å². The summed E-state index contributed by atoms with van der Waals surface area (Å²) in [7, 11) is 0. The molecule has 0 spiro atoms. The minimum absolute atomic E-state index is 0.487. The van der Waals surface area contributed by atoms with E-state index in [0.29, 0.717) is 10.6 Å². The van der Waals surface area contributed by atoms with Gasteiger partial charge in [0.15, 0.2) is 6.29 Å². The lowest BCUT2D eigenvalue weighted by molar-refractivity contribution is 0.112. The highest BCUT2D eigenvalue weighted by Gasteiger charge is 2.11. The Morgan fingerprint density at radius 2 is 1.89 bits per heavy atom. The molecule has 96 valence electrons. The minimum Gasteiger partial charge on any atom is -0.493 e. The number of rotatable bonds is 2. The normalized spacial score (nSPS) is 13.5. The predicted octanol–water partition coefficient (Wildman–Crippen LogP) is 4.14. The molecule has 0 atom stereocenters. The van der Waals surface area contributed by atoms with Gasteiger partial charge in [0.05, 0.1) is 11.6 Å². The first kappa shape index (κ1) is 12.2. The van der Waals surface area contributed by atoms with Crippen molar-refractivity contribution < 1.29 is 9.53 Å². The van der Waals surface area contributed by atoms with Crippen LogP contribution in [0.5, 0.6) is 5.75 Å². The first-order chi connectivity index (χ1) is 9.28. The molecule has 0 saturated carbocycles. The highest BCUT2D eigenvalue weighted by Crippen LogP contribution is 2.31. The van der Waals surface area contributed by atoms with Gasteiger partial charge in [-0.1, -0.05) is 23.7 Å². The topological polar surface area (TPSA) is 26.3 Å². The van der Waals surface area contributed by atoms with Crippen molar-refractivity contribution in [2.24, 2.45) is 0 Å². The number of halogens is 1. The third-order valence-corrected chi connectivity index (χ3v) is 3.70. The van der Waals surface area contributed by atoms with Crippen LogP contribution in [0.3, 0.4) is 0 Å². The zero-order valence-electron chi connectivity index (χ0n) is 10.4. The highest BCUT2D eigenvalue weighted by atomic mass is 35.5. The van der Waals surface area contributed by atoms with Crippen LogP contribution >= 0.6 is 11.6 Å². The van der Waals surface area contributed by atoms with Crippen molar-refractivity contribution in [3.63, 3.8) is 0 Å². The van der Waals surface area contributed by atoms with Crippen LogP contribution in [-0.2, 0) is 6.42 Å². The van der Waals surface area contributed by atoms with Gasteiger partial charge < -0.3 is 4.74 Å². The summed E-state index contributed by atoms with van der Waals surface area (Å²) in [4.78, 5) is 10.8. The molecule has 3 rings (SSSR count). The number of benzene rings is 2. The van der Waals surface area contributed by atoms with Crippen LogP contribution in [-0.4, -0.2) is 12.9 Å². The predicted molar refractivity (Wildman–Crippen MR) is 76.1 cm³/mol. The van der Waals surface area contributed by atoms with Crippen molar-refractivity contribution in [2.75, 3.05) is 6.61 Å². The van der Waals surface area contributed by atoms with E-state index in [9.17, 15) is 4.79 Å². The molecule has 0 amide bonds. The monoisotopic (exact) mass is 272 g/mol. The van der Waals surface area contributed by atoms with Gasteiger partial charge >= 0.3 is 0 Å². The first-order valence-corrected chi connectivity index (χ1v) is 6.66. The van der Waals surface area contributed by atoms with Gasteiger partial charge in [-0.05, 0) is 53.8 Å². The molecule has 2 aromatic carbocycles. The molecule has 2 aromatic rings. The fourth-order valence-electron chi connectivity index (χ4n) is 2.34. The Balaban J connectivity index is 2.02. The van der Waals surface area contributed by atoms with Gasteiger partial charge in [-0.25, -0.2) is 0 Å². The Bertz CT molecular complexity index is 635. The van der Waals surface area contributed by atoms with Crippen molar-refractivity contribution >= 4 is 17.9 Å². The van der Waals surface area contributed by atoms with Gasteiger partial charge in [0.25, 0.3) is 0 Å². The largest absolute Gasteiger partial charge is 0.493 e. The lowest BCUT2D eigenvalue weighted by atomic mass is 9.98. The molecular weight excluding hydrogens is 260 g/mol. The average Bonchev–Trinajstić information content (AvgIpc) is 2.46. The summed E-state index contributed by atoms with van der Waals surface area (Å²) in [6, 6.07) is 11.7. The maximum atomic E-state index is 10.8. The molecule has 1 heterocycles. The van der Waals surface area contributed by atoms with Crippen molar-refractivity contribution in [3.05, 3.63) is 52.5 Å². The number of aryl methyl sites for hydroxylation is 1. The molecular formula is C16H13ClO2. The molecule has 0 unspecified atom stereocenters. The van der Waals surface area contributed by atoms with E-state index in [-0.39, 0.29) is 0 Å². The second-order valence-corrected chi connectivity index (χ2v) is 5.04. The van der Waals surface area contributed by atoms with Crippen molar-refractivity contribution in [1.82, 2.24) is 0 Å². The van der Waals surface area contributed by atoms with Gasteiger partial charge in [-0.15, -0.1) is 0 Å². The lowest BCUT2D eigenvalue weighted by Crippen LogP contribution is -2.07. The second kappa shape index (κ2) is 5.06. The molecule has 3 heteroatoms. The quantitative estimate of drug-likeness (QED) is 0.768. The molecule has 0 radical (unpaired) electrons. The van der Waals surface area contributed by atoms with Crippen molar-refractivity contribution in [3.8, 4) is 16.9 Å². The number of ether oxygens (including phenoxy) is 1. The summed E-state index contributed by atoms with van der Waals surface area (Å²) in [5.74, 6) is 0.977. The molecule has 0 fully saturated rings. The van der Waals surface area contributed by atoms with E-state index in [4.69, 9.17) is 16.3 Å². The van der Waals surface area contributed by atoms with E-state index >= 15 is 0 Å². The Morgan fingerprint density at radius 3 is 2.68 bits per heavy atom. The van der Waals surface area contributed by atoms with E-state index in [2.05, 4.69) is 6.07 Å². The number of carbonyl (C=O) groups is 1. The summed E-state index contributed by atoms with van der Waals surface area (Å²) in [6.45, 7) is 0.798. The van der Waals surface area contributed by atoms with Crippen LogP contribution in [0.15, 0.2) is 36.4 Å². The van der Waals surface area contributed by atoms with Gasteiger partial charge in [0, 0.05) is 5.56 Å². The summed E-state index contributed by atoms with van der Waals surface area (Å²) in [6.07, 6.45) is 2.87. The standard InChI is InChI=1S/C16H13ClO2/c17-15-9-12(3-4-14(15)10-18)11-5-6-16-13(8-11)2-1-7-19-16/h3-6,8-10H,1-2,7H2. The van der Waals surface area contributed by atoms with E-state index in [1.807, 2.05) is 24.3 Å². The third kappa shape index (κ3) is 2.36. The maximum Gasteiger partial charge on any atom is 0.151 e. The minimum atomic E-state index is 0.487. The van der Waals surface area contributed by atoms with Crippen LogP contribution in [0.2, 0.25) is 5.02 Å². The van der Waals surface area contributed by atoms with Crippen LogP contribution < -0.4 is 4.74 Å². The molecule has 0 N–H and O–H groups in total. The van der Waals surface area contributed by atoms with Crippen LogP contribution in [0.4, 0.5) is 0 Å². The molecule has 0 bridgehead atoms. The highest BCUT2D eigenvalue weighted by molar-refractivity contribution is 6.33. The third-order valence-electron chi connectivity index (χ3n) is 3.37. The summed E-state index contributed by atoms with van der Waals surface area (Å²) >= 11 is 6.07. The molecule has 0 aromatic heterocycles. The number of hydrogen-bond donors (Lipinski definition) is 0. The summed E-state index contributed by atoms with van der Waals surface area (Å²) in [5, 5.41) is 0.487. The fourth-order valence-corrected chi connectivity index (χ4v) is 2.57. The van der Waals surface area contributed by atoms with Gasteiger partial charge in [-0.2, -0.15) is 0 Å². The van der Waals surface area contributed by atoms with E-state index in [1.54, 1.807) is 6.07 Å². The number of aldehydes is 1.